The largest absolute Gasteiger partial charge is 0.393 e. The third kappa shape index (κ3) is 9.12. The molecule has 0 aromatic heterocycles. The predicted octanol–water partition coefficient (Wildman–Crippen LogP) is 4.02. The molecular formula is C38H50O11. The Morgan fingerprint density at radius 1 is 0.633 bits per heavy atom. The van der Waals surface area contributed by atoms with Crippen LogP contribution in [0.25, 0.3) is 0 Å². The second kappa shape index (κ2) is 18.5. The van der Waals surface area contributed by atoms with Crippen molar-refractivity contribution < 1.29 is 52.8 Å². The van der Waals surface area contributed by atoms with E-state index in [0.29, 0.717) is 6.61 Å². The van der Waals surface area contributed by atoms with E-state index < -0.39 is 67.5 Å². The van der Waals surface area contributed by atoms with Crippen molar-refractivity contribution in [3.63, 3.8) is 0 Å². The van der Waals surface area contributed by atoms with Crippen molar-refractivity contribution in [1.82, 2.24) is 0 Å². The molecule has 10 atom stereocenters. The highest BCUT2D eigenvalue weighted by molar-refractivity contribution is 5.15. The minimum absolute atomic E-state index is 0.121. The van der Waals surface area contributed by atoms with Crippen molar-refractivity contribution in [3.8, 4) is 0 Å². The highest BCUT2D eigenvalue weighted by atomic mass is 16.8. The molecule has 3 aromatic rings. The van der Waals surface area contributed by atoms with Crippen molar-refractivity contribution in [1.29, 1.82) is 0 Å². The van der Waals surface area contributed by atoms with Gasteiger partial charge in [0.1, 0.15) is 48.3 Å². The second-order valence-electron chi connectivity index (χ2n) is 12.3. The highest BCUT2D eigenvalue weighted by Gasteiger charge is 2.57. The smallest absolute Gasteiger partial charge is 0.187 e. The maximum absolute atomic E-state index is 11.3. The number of benzene rings is 3. The molecule has 11 nitrogen and oxygen atoms in total. The normalized spacial score (nSPS) is 31.8. The van der Waals surface area contributed by atoms with Crippen LogP contribution in [0.5, 0.6) is 0 Å². The molecule has 49 heavy (non-hydrogen) atoms. The summed E-state index contributed by atoms with van der Waals surface area (Å²) < 4.78 is 56.7. The van der Waals surface area contributed by atoms with E-state index in [0.717, 1.165) is 16.7 Å². The third-order valence-corrected chi connectivity index (χ3v) is 9.28. The van der Waals surface area contributed by atoms with Crippen molar-refractivity contribution in [2.75, 3.05) is 34.5 Å². The Kier molecular flexibility index (Phi) is 14.1. The summed E-state index contributed by atoms with van der Waals surface area (Å²) in [6, 6.07) is 29.5. The fourth-order valence-corrected chi connectivity index (χ4v) is 6.44. The van der Waals surface area contributed by atoms with Crippen LogP contribution in [0.3, 0.4) is 0 Å². The molecule has 2 saturated heterocycles. The number of methoxy groups -OCH3 is 3. The van der Waals surface area contributed by atoms with Crippen molar-refractivity contribution in [2.45, 2.75) is 94.1 Å². The van der Waals surface area contributed by atoms with Gasteiger partial charge in [-0.1, -0.05) is 97.9 Å². The van der Waals surface area contributed by atoms with Gasteiger partial charge < -0.3 is 52.8 Å². The van der Waals surface area contributed by atoms with Gasteiger partial charge in [-0.15, -0.1) is 0 Å². The first-order chi connectivity index (χ1) is 24.0. The van der Waals surface area contributed by atoms with E-state index in [1.165, 1.54) is 14.2 Å². The molecule has 0 unspecified atom stereocenters. The molecular weight excluding hydrogens is 632 g/mol. The summed E-state index contributed by atoms with van der Waals surface area (Å²) in [4.78, 5) is 0. The molecule has 2 aliphatic rings. The average Bonchev–Trinajstić information content (AvgIpc) is 3.15. The molecule has 2 fully saturated rings. The fourth-order valence-electron chi connectivity index (χ4n) is 6.44. The Hall–Kier alpha value is -2.78. The first-order valence-corrected chi connectivity index (χ1v) is 16.8. The molecule has 0 aliphatic carbocycles. The van der Waals surface area contributed by atoms with Gasteiger partial charge in [-0.25, -0.2) is 0 Å². The second-order valence-corrected chi connectivity index (χ2v) is 12.3. The molecule has 2 aliphatic heterocycles. The molecule has 11 heteroatoms. The lowest BCUT2D eigenvalue weighted by Gasteiger charge is -2.52. The van der Waals surface area contributed by atoms with Crippen LogP contribution < -0.4 is 0 Å². The molecule has 0 radical (unpaired) electrons. The van der Waals surface area contributed by atoms with Crippen LogP contribution in [-0.4, -0.2) is 106 Å². The zero-order valence-corrected chi connectivity index (χ0v) is 28.7. The standard InChI is InChI=1S/C38H50O11/c1-5-38(25-39)35(40)32(41-2)33(42-3)37(49-38)48-30-29(24-44-21-26-15-9-6-10-16-26)47-36(43-4)34(46-23-28-19-13-8-14-20-28)31(30)45-22-27-17-11-7-12-18-27/h6-20,29-37,39-40H,5,21-25H2,1-4H3/t29-,30-,31+,32-,33-,34-,35+,36+,37-,38-/m1/s1. The topological polar surface area (TPSA) is 124 Å². The van der Waals surface area contributed by atoms with Gasteiger partial charge in [-0.3, -0.25) is 0 Å². The SMILES string of the molecule is CC[C@]1(CO)O[C@@H](O[C@H]2[C@H](OCc3ccccc3)[C@@H](OCc3ccccc3)[C@@H](OC)O[C@@H]2COCc2ccccc2)[C@H](OC)[C@@H](OC)[C@@H]1O. The molecule has 3 aromatic carbocycles. The van der Waals surface area contributed by atoms with Crippen molar-refractivity contribution in [3.05, 3.63) is 108 Å². The lowest BCUT2D eigenvalue weighted by Crippen LogP contribution is -2.69. The fraction of sp³-hybridized carbons (Fsp3) is 0.526. The van der Waals surface area contributed by atoms with Crippen LogP contribution in [0.2, 0.25) is 0 Å². The van der Waals surface area contributed by atoms with E-state index in [4.69, 9.17) is 42.6 Å². The summed E-state index contributed by atoms with van der Waals surface area (Å²) in [5.41, 5.74) is 1.56. The lowest BCUT2D eigenvalue weighted by molar-refractivity contribution is -0.386. The van der Waals surface area contributed by atoms with Crippen LogP contribution in [0.1, 0.15) is 30.0 Å². The molecule has 5 rings (SSSR count). The van der Waals surface area contributed by atoms with Gasteiger partial charge in [0, 0.05) is 21.3 Å². The third-order valence-electron chi connectivity index (χ3n) is 9.28. The minimum Gasteiger partial charge on any atom is -0.393 e. The van der Waals surface area contributed by atoms with Crippen LogP contribution in [-0.2, 0) is 62.5 Å². The minimum atomic E-state index is -1.37. The van der Waals surface area contributed by atoms with Gasteiger partial charge >= 0.3 is 0 Å². The van der Waals surface area contributed by atoms with Crippen LogP contribution in [0.4, 0.5) is 0 Å². The average molecular weight is 683 g/mol. The zero-order valence-electron chi connectivity index (χ0n) is 28.7. The Bertz CT molecular complexity index is 1340. The molecule has 268 valence electrons. The number of aliphatic hydroxyl groups excluding tert-OH is 2. The Balaban J connectivity index is 1.50. The molecule has 2 heterocycles. The van der Waals surface area contributed by atoms with E-state index in [1.54, 1.807) is 7.11 Å². The molecule has 0 amide bonds. The van der Waals surface area contributed by atoms with Gasteiger partial charge in [0.2, 0.25) is 0 Å². The first-order valence-electron chi connectivity index (χ1n) is 16.8. The van der Waals surface area contributed by atoms with Crippen molar-refractivity contribution >= 4 is 0 Å². The Morgan fingerprint density at radius 3 is 1.65 bits per heavy atom. The maximum atomic E-state index is 11.3. The predicted molar refractivity (Wildman–Crippen MR) is 179 cm³/mol. The highest BCUT2D eigenvalue weighted by Crippen LogP contribution is 2.38. The summed E-state index contributed by atoms with van der Waals surface area (Å²) in [7, 11) is 4.54. The molecule has 0 saturated carbocycles. The summed E-state index contributed by atoms with van der Waals surface area (Å²) >= 11 is 0. The number of rotatable bonds is 17. The first kappa shape index (κ1) is 37.5. The quantitative estimate of drug-likeness (QED) is 0.215. The number of ether oxygens (including phenoxy) is 9. The number of hydrogen-bond donors (Lipinski definition) is 2. The van der Waals surface area contributed by atoms with Gasteiger partial charge in [-0.05, 0) is 23.1 Å². The summed E-state index contributed by atoms with van der Waals surface area (Å²) in [6.07, 6.45) is -7.64. The maximum Gasteiger partial charge on any atom is 0.187 e. The van der Waals surface area contributed by atoms with Gasteiger partial charge in [0.25, 0.3) is 0 Å². The lowest BCUT2D eigenvalue weighted by atomic mass is 9.85. The van der Waals surface area contributed by atoms with E-state index in [-0.39, 0.29) is 26.2 Å². The van der Waals surface area contributed by atoms with E-state index in [2.05, 4.69) is 0 Å². The zero-order chi connectivity index (χ0) is 34.6. The number of hydrogen-bond acceptors (Lipinski definition) is 11. The Labute approximate surface area is 288 Å². The van der Waals surface area contributed by atoms with Gasteiger partial charge in [-0.2, -0.15) is 0 Å². The van der Waals surface area contributed by atoms with E-state index in [1.807, 2.05) is 97.9 Å². The van der Waals surface area contributed by atoms with Crippen LogP contribution in [0, 0.1) is 0 Å². The van der Waals surface area contributed by atoms with Gasteiger partial charge in [0.05, 0.1) is 33.0 Å². The van der Waals surface area contributed by atoms with Crippen molar-refractivity contribution in [2.24, 2.45) is 0 Å². The van der Waals surface area contributed by atoms with E-state index in [9.17, 15) is 10.2 Å². The number of aliphatic hydroxyl groups is 2. The molecule has 0 bridgehead atoms. The van der Waals surface area contributed by atoms with Crippen LogP contribution in [0.15, 0.2) is 91.0 Å². The Morgan fingerprint density at radius 2 is 1.16 bits per heavy atom. The van der Waals surface area contributed by atoms with Gasteiger partial charge in [0.15, 0.2) is 12.6 Å². The van der Waals surface area contributed by atoms with E-state index >= 15 is 0 Å². The summed E-state index contributed by atoms with van der Waals surface area (Å²) in [6.45, 7) is 2.34. The molecule has 0 spiro atoms. The van der Waals surface area contributed by atoms with Crippen LogP contribution >= 0.6 is 0 Å². The molecule has 2 N–H and O–H groups in total. The summed E-state index contributed by atoms with van der Waals surface area (Å²) in [5, 5.41) is 21.8. The summed E-state index contributed by atoms with van der Waals surface area (Å²) in [5.74, 6) is 0. The monoisotopic (exact) mass is 682 g/mol.